The van der Waals surface area contributed by atoms with E-state index in [9.17, 15) is 4.79 Å². The highest BCUT2D eigenvalue weighted by atomic mass is 32.2. The van der Waals surface area contributed by atoms with E-state index in [1.165, 1.54) is 47.1 Å². The Morgan fingerprint density at radius 3 is 2.73 bits per heavy atom. The maximum absolute atomic E-state index is 13.4. The van der Waals surface area contributed by atoms with Gasteiger partial charge in [-0.05, 0) is 91.4 Å². The summed E-state index contributed by atoms with van der Waals surface area (Å²) in [4.78, 5) is 19.2. The number of aromatic nitrogens is 1. The molecule has 4 aromatic rings. The number of thiazole rings is 1. The molecular weight excluding hydrogens is 533 g/mol. The zero-order valence-electron chi connectivity index (χ0n) is 23.1. The molecule has 1 heterocycles. The first kappa shape index (κ1) is 27.5. The summed E-state index contributed by atoms with van der Waals surface area (Å²) in [5.41, 5.74) is 6.17. The zero-order valence-corrected chi connectivity index (χ0v) is 24.8. The highest BCUT2D eigenvalue weighted by Crippen LogP contribution is 2.32. The van der Waals surface area contributed by atoms with Crippen LogP contribution in [0.25, 0.3) is 10.2 Å². The standard InChI is InChI=1S/C33H38N4OS2/c1-22-35-31-19-27(15-17-32(31)39-22)40-37-30(24-8-3-2-4-9-24)20-33(38)36-29-13-7-10-25-18-23(14-16-28(25)29)21-34-26-11-5-6-12-26/h2-4,8-9,14-19,26,29-30,34,37H,5-7,10-13,20-21H2,1H3,(H,36,38)/t29-,30-/m1/s1. The molecule has 0 aliphatic heterocycles. The SMILES string of the molecule is Cc1nc2cc(SN[C@H](CC(=O)N[C@@H]3CCCc4cc(CNC5CCCC5)ccc43)c3ccccc3)ccc2s1. The van der Waals surface area contributed by atoms with Gasteiger partial charge in [0.25, 0.3) is 0 Å². The van der Waals surface area contributed by atoms with Gasteiger partial charge in [-0.2, -0.15) is 0 Å². The number of carbonyl (C=O) groups is 1. The second kappa shape index (κ2) is 12.9. The van der Waals surface area contributed by atoms with E-state index >= 15 is 0 Å². The van der Waals surface area contributed by atoms with Crippen LogP contribution in [0.3, 0.4) is 0 Å². The van der Waals surface area contributed by atoms with E-state index in [1.54, 1.807) is 23.3 Å². The first-order valence-electron chi connectivity index (χ1n) is 14.6. The molecule has 2 atom stereocenters. The molecular formula is C33H38N4OS2. The maximum Gasteiger partial charge on any atom is 0.222 e. The number of hydrogen-bond donors (Lipinski definition) is 3. The fourth-order valence-electron chi connectivity index (χ4n) is 6.10. The minimum Gasteiger partial charge on any atom is -0.349 e. The quantitative estimate of drug-likeness (QED) is 0.172. The summed E-state index contributed by atoms with van der Waals surface area (Å²) in [5, 5.41) is 8.20. The molecule has 208 valence electrons. The van der Waals surface area contributed by atoms with E-state index in [-0.39, 0.29) is 18.0 Å². The van der Waals surface area contributed by atoms with Crippen molar-refractivity contribution < 1.29 is 4.79 Å². The van der Waals surface area contributed by atoms with Crippen LogP contribution >= 0.6 is 23.3 Å². The Labute approximate surface area is 245 Å². The van der Waals surface area contributed by atoms with E-state index < -0.39 is 0 Å². The van der Waals surface area contributed by atoms with Crippen molar-refractivity contribution in [3.63, 3.8) is 0 Å². The summed E-state index contributed by atoms with van der Waals surface area (Å²) >= 11 is 3.28. The summed E-state index contributed by atoms with van der Waals surface area (Å²) < 4.78 is 4.78. The number of nitrogens with one attached hydrogen (secondary N) is 3. The third kappa shape index (κ3) is 6.77. The summed E-state index contributed by atoms with van der Waals surface area (Å²) in [7, 11) is 0. The lowest BCUT2D eigenvalue weighted by atomic mass is 9.86. The minimum atomic E-state index is -0.105. The zero-order chi connectivity index (χ0) is 27.3. The fourth-order valence-corrected chi connectivity index (χ4v) is 7.71. The third-order valence-corrected chi connectivity index (χ3v) is 10.0. The predicted molar refractivity (Wildman–Crippen MR) is 167 cm³/mol. The van der Waals surface area contributed by atoms with Crippen molar-refractivity contribution in [2.24, 2.45) is 0 Å². The lowest BCUT2D eigenvalue weighted by Gasteiger charge is -2.28. The molecule has 1 saturated carbocycles. The third-order valence-electron chi connectivity index (χ3n) is 8.18. The highest BCUT2D eigenvalue weighted by Gasteiger charge is 2.24. The van der Waals surface area contributed by atoms with Crippen LogP contribution in [0.2, 0.25) is 0 Å². The lowest BCUT2D eigenvalue weighted by molar-refractivity contribution is -0.122. The number of amides is 1. The average Bonchev–Trinajstić information content (AvgIpc) is 3.63. The van der Waals surface area contributed by atoms with E-state index in [0.29, 0.717) is 12.5 Å². The van der Waals surface area contributed by atoms with Crippen LogP contribution in [0.1, 0.15) is 84.3 Å². The van der Waals surface area contributed by atoms with E-state index in [0.717, 1.165) is 46.8 Å². The second-order valence-electron chi connectivity index (χ2n) is 11.2. The monoisotopic (exact) mass is 570 g/mol. The molecule has 3 aromatic carbocycles. The molecule has 1 aromatic heterocycles. The minimum absolute atomic E-state index is 0.0764. The topological polar surface area (TPSA) is 66.0 Å². The van der Waals surface area contributed by atoms with Crippen LogP contribution in [0.5, 0.6) is 0 Å². The summed E-state index contributed by atoms with van der Waals surface area (Å²) in [6.45, 7) is 2.98. The molecule has 40 heavy (non-hydrogen) atoms. The van der Waals surface area contributed by atoms with Gasteiger partial charge in [-0.25, -0.2) is 4.98 Å². The van der Waals surface area contributed by atoms with Gasteiger partial charge in [0.1, 0.15) is 0 Å². The van der Waals surface area contributed by atoms with Crippen LogP contribution in [0, 0.1) is 6.92 Å². The van der Waals surface area contributed by atoms with Crippen molar-refractivity contribution in [2.45, 2.75) is 87.9 Å². The lowest BCUT2D eigenvalue weighted by Crippen LogP contribution is -2.33. The van der Waals surface area contributed by atoms with Crippen molar-refractivity contribution in [3.05, 3.63) is 94.0 Å². The fraction of sp³-hybridized carbons (Fsp3) is 0.394. The first-order chi connectivity index (χ1) is 19.6. The number of fused-ring (bicyclic) bond motifs is 2. The van der Waals surface area contributed by atoms with Crippen LogP contribution < -0.4 is 15.4 Å². The highest BCUT2D eigenvalue weighted by molar-refractivity contribution is 7.97. The van der Waals surface area contributed by atoms with Gasteiger partial charge in [0.15, 0.2) is 0 Å². The van der Waals surface area contributed by atoms with Crippen molar-refractivity contribution >= 4 is 39.4 Å². The van der Waals surface area contributed by atoms with Gasteiger partial charge < -0.3 is 10.6 Å². The Morgan fingerprint density at radius 1 is 1.02 bits per heavy atom. The van der Waals surface area contributed by atoms with E-state index in [2.05, 4.69) is 68.9 Å². The molecule has 0 saturated heterocycles. The molecule has 1 fully saturated rings. The molecule has 5 nitrogen and oxygen atoms in total. The van der Waals surface area contributed by atoms with Gasteiger partial charge in [0.05, 0.1) is 27.3 Å². The van der Waals surface area contributed by atoms with Crippen molar-refractivity contribution in [2.75, 3.05) is 0 Å². The molecule has 2 aliphatic carbocycles. The van der Waals surface area contributed by atoms with Gasteiger partial charge in [0, 0.05) is 23.9 Å². The Bertz CT molecular complexity index is 1450. The summed E-state index contributed by atoms with van der Waals surface area (Å²) in [6.07, 6.45) is 8.87. The summed E-state index contributed by atoms with van der Waals surface area (Å²) in [5.74, 6) is 0.0809. The molecule has 7 heteroatoms. The van der Waals surface area contributed by atoms with Crippen LogP contribution in [0.4, 0.5) is 0 Å². The molecule has 0 unspecified atom stereocenters. The number of nitrogens with zero attached hydrogens (tertiary/aromatic N) is 1. The number of aryl methyl sites for hydroxylation is 2. The molecule has 6 rings (SSSR count). The molecule has 1 amide bonds. The second-order valence-corrected chi connectivity index (χ2v) is 13.3. The molecule has 0 bridgehead atoms. The average molecular weight is 571 g/mol. The van der Waals surface area contributed by atoms with E-state index in [4.69, 9.17) is 0 Å². The van der Waals surface area contributed by atoms with Gasteiger partial charge in [-0.3, -0.25) is 9.52 Å². The summed E-state index contributed by atoms with van der Waals surface area (Å²) in [6, 6.07) is 24.2. The van der Waals surface area contributed by atoms with Gasteiger partial charge >= 0.3 is 0 Å². The van der Waals surface area contributed by atoms with E-state index in [1.807, 2.05) is 25.1 Å². The van der Waals surface area contributed by atoms with Gasteiger partial charge in [-0.1, -0.05) is 61.4 Å². The van der Waals surface area contributed by atoms with Crippen LogP contribution in [-0.2, 0) is 17.8 Å². The first-order valence-corrected chi connectivity index (χ1v) is 16.2. The van der Waals surface area contributed by atoms with Crippen molar-refractivity contribution in [3.8, 4) is 0 Å². The number of benzene rings is 3. The maximum atomic E-state index is 13.4. The Kier molecular flexibility index (Phi) is 8.83. The molecule has 0 spiro atoms. The Balaban J connectivity index is 1.10. The van der Waals surface area contributed by atoms with Gasteiger partial charge in [0.2, 0.25) is 5.91 Å². The Hall–Kier alpha value is -2.71. The van der Waals surface area contributed by atoms with Gasteiger partial charge in [-0.15, -0.1) is 11.3 Å². The molecule has 3 N–H and O–H groups in total. The largest absolute Gasteiger partial charge is 0.349 e. The van der Waals surface area contributed by atoms with Crippen LogP contribution in [-0.4, -0.2) is 16.9 Å². The number of carbonyl (C=O) groups excluding carboxylic acids is 1. The molecule has 0 radical (unpaired) electrons. The number of hydrogen-bond acceptors (Lipinski definition) is 6. The Morgan fingerprint density at radius 2 is 1.88 bits per heavy atom. The van der Waals surface area contributed by atoms with Crippen molar-refractivity contribution in [1.29, 1.82) is 0 Å². The molecule has 2 aliphatic rings. The predicted octanol–water partition coefficient (Wildman–Crippen LogP) is 7.56. The normalized spacial score (nSPS) is 18.1. The smallest absolute Gasteiger partial charge is 0.222 e. The van der Waals surface area contributed by atoms with Crippen LogP contribution in [0.15, 0.2) is 71.6 Å². The van der Waals surface area contributed by atoms with Crippen molar-refractivity contribution in [1.82, 2.24) is 20.3 Å². The number of rotatable bonds is 10.